The second-order valence-electron chi connectivity index (χ2n) is 4.56. The average Bonchev–Trinajstić information content (AvgIpc) is 2.70. The van der Waals surface area contributed by atoms with Gasteiger partial charge in [0.15, 0.2) is 0 Å². The molecule has 0 aromatic carbocycles. The maximum Gasteiger partial charge on any atom is 0.0834 e. The second-order valence-corrected chi connectivity index (χ2v) is 4.56. The summed E-state index contributed by atoms with van der Waals surface area (Å²) in [5.74, 6) is 0.798. The molecule has 1 saturated heterocycles. The molecule has 3 unspecified atom stereocenters. The Hall–Kier alpha value is -0.0800. The molecule has 1 heterocycles. The molecule has 0 amide bonds. The minimum absolute atomic E-state index is 0.131. The largest absolute Gasteiger partial charge is 0.390 e. The standard InChI is InChI=1S/C12H24O2/c1-3-10(2)6-4-7-11(13)12-8-5-9-14-12/h10-13H,3-9H2,1-2H3. The van der Waals surface area contributed by atoms with E-state index < -0.39 is 0 Å². The third-order valence-electron chi connectivity index (χ3n) is 3.29. The van der Waals surface area contributed by atoms with Gasteiger partial charge in [-0.05, 0) is 25.2 Å². The monoisotopic (exact) mass is 200 g/mol. The van der Waals surface area contributed by atoms with Gasteiger partial charge in [0, 0.05) is 6.61 Å². The molecule has 0 spiro atoms. The minimum atomic E-state index is -0.221. The van der Waals surface area contributed by atoms with Crippen LogP contribution in [0.25, 0.3) is 0 Å². The summed E-state index contributed by atoms with van der Waals surface area (Å²) in [6, 6.07) is 0. The van der Waals surface area contributed by atoms with Crippen LogP contribution in [0.15, 0.2) is 0 Å². The number of rotatable bonds is 6. The Morgan fingerprint density at radius 1 is 1.43 bits per heavy atom. The summed E-state index contributed by atoms with van der Waals surface area (Å²) in [5.41, 5.74) is 0. The van der Waals surface area contributed by atoms with Crippen molar-refractivity contribution in [3.63, 3.8) is 0 Å². The second kappa shape index (κ2) is 6.41. The first-order chi connectivity index (χ1) is 6.74. The van der Waals surface area contributed by atoms with Crippen LogP contribution in [-0.2, 0) is 4.74 Å². The van der Waals surface area contributed by atoms with Crippen molar-refractivity contribution in [3.8, 4) is 0 Å². The molecule has 2 nitrogen and oxygen atoms in total. The third-order valence-corrected chi connectivity index (χ3v) is 3.29. The molecule has 0 aromatic rings. The minimum Gasteiger partial charge on any atom is -0.390 e. The van der Waals surface area contributed by atoms with Crippen molar-refractivity contribution in [2.75, 3.05) is 6.61 Å². The highest BCUT2D eigenvalue weighted by molar-refractivity contribution is 4.73. The lowest BCUT2D eigenvalue weighted by Gasteiger charge is -2.17. The summed E-state index contributed by atoms with van der Waals surface area (Å²) in [7, 11) is 0. The van der Waals surface area contributed by atoms with E-state index in [9.17, 15) is 5.11 Å². The van der Waals surface area contributed by atoms with Crippen LogP contribution in [-0.4, -0.2) is 23.9 Å². The van der Waals surface area contributed by atoms with Gasteiger partial charge in [0.25, 0.3) is 0 Å². The fourth-order valence-electron chi connectivity index (χ4n) is 1.97. The van der Waals surface area contributed by atoms with Crippen LogP contribution in [0.4, 0.5) is 0 Å². The zero-order valence-corrected chi connectivity index (χ0v) is 9.54. The summed E-state index contributed by atoms with van der Waals surface area (Å²) in [5, 5.41) is 9.81. The number of hydrogen-bond donors (Lipinski definition) is 1. The fraction of sp³-hybridized carbons (Fsp3) is 1.00. The Morgan fingerprint density at radius 3 is 2.79 bits per heavy atom. The van der Waals surface area contributed by atoms with Crippen LogP contribution in [0.1, 0.15) is 52.4 Å². The highest BCUT2D eigenvalue weighted by Gasteiger charge is 2.23. The normalized spacial score (nSPS) is 26.4. The molecule has 1 aliphatic heterocycles. The predicted molar refractivity (Wildman–Crippen MR) is 58.3 cm³/mol. The Balaban J connectivity index is 2.05. The third kappa shape index (κ3) is 3.97. The summed E-state index contributed by atoms with van der Waals surface area (Å²) < 4.78 is 5.45. The van der Waals surface area contributed by atoms with Crippen molar-refractivity contribution in [2.45, 2.75) is 64.6 Å². The van der Waals surface area contributed by atoms with Gasteiger partial charge in [-0.3, -0.25) is 0 Å². The highest BCUT2D eigenvalue weighted by Crippen LogP contribution is 2.20. The summed E-state index contributed by atoms with van der Waals surface area (Å²) in [6.07, 6.45) is 6.60. The Bertz CT molecular complexity index is 141. The molecule has 2 heteroatoms. The summed E-state index contributed by atoms with van der Waals surface area (Å²) in [6.45, 7) is 5.34. The molecule has 14 heavy (non-hydrogen) atoms. The van der Waals surface area contributed by atoms with Crippen LogP contribution in [0.2, 0.25) is 0 Å². The van der Waals surface area contributed by atoms with E-state index in [0.29, 0.717) is 0 Å². The van der Waals surface area contributed by atoms with Crippen LogP contribution in [0, 0.1) is 5.92 Å². The Kier molecular flexibility index (Phi) is 5.49. The predicted octanol–water partition coefficient (Wildman–Crippen LogP) is 2.74. The Labute approximate surface area is 87.7 Å². The molecule has 84 valence electrons. The van der Waals surface area contributed by atoms with Gasteiger partial charge in [-0.25, -0.2) is 0 Å². The number of aliphatic hydroxyl groups is 1. The zero-order chi connectivity index (χ0) is 10.4. The number of ether oxygens (including phenoxy) is 1. The molecule has 0 saturated carbocycles. The van der Waals surface area contributed by atoms with Crippen LogP contribution >= 0.6 is 0 Å². The highest BCUT2D eigenvalue weighted by atomic mass is 16.5. The van der Waals surface area contributed by atoms with E-state index in [2.05, 4.69) is 13.8 Å². The summed E-state index contributed by atoms with van der Waals surface area (Å²) in [4.78, 5) is 0. The molecular formula is C12H24O2. The lowest BCUT2D eigenvalue weighted by molar-refractivity contribution is -0.00672. The van der Waals surface area contributed by atoms with Crippen molar-refractivity contribution >= 4 is 0 Å². The molecule has 0 aromatic heterocycles. The zero-order valence-electron chi connectivity index (χ0n) is 9.54. The van der Waals surface area contributed by atoms with Crippen molar-refractivity contribution in [1.29, 1.82) is 0 Å². The quantitative estimate of drug-likeness (QED) is 0.714. The molecule has 3 atom stereocenters. The van der Waals surface area contributed by atoms with Gasteiger partial charge in [-0.15, -0.1) is 0 Å². The molecule has 0 bridgehead atoms. The summed E-state index contributed by atoms with van der Waals surface area (Å²) >= 11 is 0. The average molecular weight is 200 g/mol. The number of aliphatic hydroxyl groups excluding tert-OH is 1. The van der Waals surface area contributed by atoms with Gasteiger partial charge in [-0.2, -0.15) is 0 Å². The molecule has 1 fully saturated rings. The van der Waals surface area contributed by atoms with E-state index >= 15 is 0 Å². The molecule has 0 radical (unpaired) electrons. The van der Waals surface area contributed by atoms with Crippen LogP contribution in [0.3, 0.4) is 0 Å². The van der Waals surface area contributed by atoms with E-state index in [1.807, 2.05) is 0 Å². The number of hydrogen-bond acceptors (Lipinski definition) is 2. The van der Waals surface area contributed by atoms with E-state index in [1.165, 1.54) is 12.8 Å². The first-order valence-corrected chi connectivity index (χ1v) is 6.03. The van der Waals surface area contributed by atoms with Crippen molar-refractivity contribution in [2.24, 2.45) is 5.92 Å². The molecule has 0 aliphatic carbocycles. The van der Waals surface area contributed by atoms with Crippen molar-refractivity contribution in [3.05, 3.63) is 0 Å². The molecule has 1 rings (SSSR count). The van der Waals surface area contributed by atoms with Gasteiger partial charge >= 0.3 is 0 Å². The SMILES string of the molecule is CCC(C)CCCC(O)C1CCCO1. The Morgan fingerprint density at radius 2 is 2.21 bits per heavy atom. The van der Waals surface area contributed by atoms with Gasteiger partial charge < -0.3 is 9.84 Å². The smallest absolute Gasteiger partial charge is 0.0834 e. The maximum atomic E-state index is 9.81. The topological polar surface area (TPSA) is 29.5 Å². The lowest BCUT2D eigenvalue weighted by atomic mass is 9.98. The maximum absolute atomic E-state index is 9.81. The van der Waals surface area contributed by atoms with E-state index in [0.717, 1.165) is 38.2 Å². The van der Waals surface area contributed by atoms with Crippen LogP contribution < -0.4 is 0 Å². The van der Waals surface area contributed by atoms with E-state index in [4.69, 9.17) is 4.74 Å². The van der Waals surface area contributed by atoms with E-state index in [-0.39, 0.29) is 12.2 Å². The lowest BCUT2D eigenvalue weighted by Crippen LogP contribution is -2.24. The van der Waals surface area contributed by atoms with Gasteiger partial charge in [0.1, 0.15) is 0 Å². The van der Waals surface area contributed by atoms with Crippen molar-refractivity contribution < 1.29 is 9.84 Å². The van der Waals surface area contributed by atoms with Gasteiger partial charge in [-0.1, -0.05) is 33.1 Å². The van der Waals surface area contributed by atoms with Gasteiger partial charge in [0.05, 0.1) is 12.2 Å². The fourth-order valence-corrected chi connectivity index (χ4v) is 1.97. The van der Waals surface area contributed by atoms with Crippen molar-refractivity contribution in [1.82, 2.24) is 0 Å². The van der Waals surface area contributed by atoms with E-state index in [1.54, 1.807) is 0 Å². The van der Waals surface area contributed by atoms with Gasteiger partial charge in [0.2, 0.25) is 0 Å². The molecule has 1 N–H and O–H groups in total. The molecular weight excluding hydrogens is 176 g/mol. The first kappa shape index (κ1) is 12.0. The first-order valence-electron chi connectivity index (χ1n) is 6.03. The van der Waals surface area contributed by atoms with Crippen LogP contribution in [0.5, 0.6) is 0 Å². The molecule has 1 aliphatic rings.